The van der Waals surface area contributed by atoms with Crippen LogP contribution in [0.3, 0.4) is 0 Å². The summed E-state index contributed by atoms with van der Waals surface area (Å²) in [4.78, 5) is 38.0. The zero-order chi connectivity index (χ0) is 45.1. The lowest BCUT2D eigenvalue weighted by Gasteiger charge is -2.18. The Kier molecular flexibility index (Phi) is 48.4. The monoisotopic (exact) mass is 867 g/mol. The minimum absolute atomic E-state index is 0.0815. The Balaban J connectivity index is 4.34. The summed E-state index contributed by atoms with van der Waals surface area (Å²) in [7, 11) is 0. The Morgan fingerprint density at radius 1 is 0.355 bits per heavy atom. The standard InChI is InChI=1S/C56H98O6/c1-4-7-10-13-16-19-22-24-26-27-28-29-30-32-34-37-40-43-46-49-55(58)61-52-53(51-60-54(57)48-45-42-39-36-33-21-18-15-12-9-6-3)62-56(59)50-47-44-41-38-35-31-25-23-20-17-14-11-8-5-2/h8,11,15-20,22,24,53H,4-7,9-10,12-14,21,23,25-52H2,1-3H3/b11-8-,18-15-,19-16-,20-17-,24-22-. The van der Waals surface area contributed by atoms with Crippen molar-refractivity contribution in [3.63, 3.8) is 0 Å². The lowest BCUT2D eigenvalue weighted by atomic mass is 10.1. The molecule has 0 bridgehead atoms. The Morgan fingerprint density at radius 2 is 0.694 bits per heavy atom. The summed E-state index contributed by atoms with van der Waals surface area (Å²) in [5.41, 5.74) is 0. The van der Waals surface area contributed by atoms with Gasteiger partial charge in [0.1, 0.15) is 13.2 Å². The molecular formula is C56H98O6. The third kappa shape index (κ3) is 48.1. The predicted octanol–water partition coefficient (Wildman–Crippen LogP) is 17.3. The Labute approximate surface area is 383 Å². The van der Waals surface area contributed by atoms with Crippen molar-refractivity contribution in [2.45, 2.75) is 264 Å². The van der Waals surface area contributed by atoms with Crippen LogP contribution in [-0.4, -0.2) is 37.2 Å². The SMILES string of the molecule is CC/C=C\C/C=C\CCCCCCCCCC(=O)OC(COC(=O)CCCCCCC/C=C\CCCC)COC(=O)CCCCCCCCCCCC/C=C\C=C/CCCCC. The average Bonchev–Trinajstić information content (AvgIpc) is 3.27. The molecule has 0 saturated heterocycles. The van der Waals surface area contributed by atoms with Crippen LogP contribution in [0.5, 0.6) is 0 Å². The van der Waals surface area contributed by atoms with E-state index in [2.05, 4.69) is 81.5 Å². The zero-order valence-corrected chi connectivity index (χ0v) is 40.9. The molecule has 0 aliphatic rings. The number of hydrogen-bond acceptors (Lipinski definition) is 6. The van der Waals surface area contributed by atoms with Gasteiger partial charge in [0.05, 0.1) is 0 Å². The summed E-state index contributed by atoms with van der Waals surface area (Å²) in [6.07, 6.45) is 62.0. The van der Waals surface area contributed by atoms with E-state index in [4.69, 9.17) is 14.2 Å². The van der Waals surface area contributed by atoms with Crippen molar-refractivity contribution < 1.29 is 28.6 Å². The second-order valence-electron chi connectivity index (χ2n) is 17.4. The van der Waals surface area contributed by atoms with E-state index in [1.165, 1.54) is 135 Å². The number of ether oxygens (including phenoxy) is 3. The van der Waals surface area contributed by atoms with E-state index < -0.39 is 6.10 Å². The van der Waals surface area contributed by atoms with Crippen LogP contribution in [0.1, 0.15) is 258 Å². The summed E-state index contributed by atoms with van der Waals surface area (Å²) in [5, 5.41) is 0. The molecule has 0 amide bonds. The lowest BCUT2D eigenvalue weighted by Crippen LogP contribution is -2.30. The van der Waals surface area contributed by atoms with E-state index in [0.717, 1.165) is 83.5 Å². The van der Waals surface area contributed by atoms with Crippen LogP contribution >= 0.6 is 0 Å². The number of rotatable bonds is 47. The maximum Gasteiger partial charge on any atom is 0.306 e. The molecule has 0 saturated carbocycles. The fourth-order valence-corrected chi connectivity index (χ4v) is 7.28. The number of allylic oxidation sites excluding steroid dienone is 10. The van der Waals surface area contributed by atoms with Gasteiger partial charge in [-0.2, -0.15) is 0 Å². The molecule has 0 aliphatic carbocycles. The molecule has 358 valence electrons. The van der Waals surface area contributed by atoms with Gasteiger partial charge in [-0.25, -0.2) is 0 Å². The van der Waals surface area contributed by atoms with Crippen LogP contribution in [0, 0.1) is 0 Å². The van der Waals surface area contributed by atoms with Crippen LogP contribution < -0.4 is 0 Å². The molecule has 1 unspecified atom stereocenters. The summed E-state index contributed by atoms with van der Waals surface area (Å²) in [6.45, 7) is 6.46. The van der Waals surface area contributed by atoms with Crippen molar-refractivity contribution in [2.24, 2.45) is 0 Å². The van der Waals surface area contributed by atoms with Gasteiger partial charge in [-0.3, -0.25) is 14.4 Å². The number of unbranched alkanes of at least 4 members (excludes halogenated alkanes) is 27. The predicted molar refractivity (Wildman–Crippen MR) is 265 cm³/mol. The normalized spacial score (nSPS) is 12.5. The second-order valence-corrected chi connectivity index (χ2v) is 17.4. The van der Waals surface area contributed by atoms with Crippen LogP contribution in [0.4, 0.5) is 0 Å². The number of carbonyl (C=O) groups is 3. The molecule has 0 aromatic carbocycles. The summed E-state index contributed by atoms with van der Waals surface area (Å²) in [6, 6.07) is 0. The van der Waals surface area contributed by atoms with Crippen LogP contribution in [0.15, 0.2) is 60.8 Å². The van der Waals surface area contributed by atoms with Crippen LogP contribution in [0.25, 0.3) is 0 Å². The topological polar surface area (TPSA) is 78.9 Å². The zero-order valence-electron chi connectivity index (χ0n) is 40.9. The van der Waals surface area contributed by atoms with Crippen LogP contribution in [0.2, 0.25) is 0 Å². The molecule has 6 nitrogen and oxygen atoms in total. The van der Waals surface area contributed by atoms with Gasteiger partial charge in [0, 0.05) is 19.3 Å². The van der Waals surface area contributed by atoms with E-state index >= 15 is 0 Å². The molecule has 1 atom stereocenters. The van der Waals surface area contributed by atoms with E-state index in [-0.39, 0.29) is 31.1 Å². The highest BCUT2D eigenvalue weighted by atomic mass is 16.6. The molecule has 0 aliphatic heterocycles. The first kappa shape index (κ1) is 59.1. The average molecular weight is 867 g/mol. The van der Waals surface area contributed by atoms with E-state index in [1.54, 1.807) is 0 Å². The number of hydrogen-bond donors (Lipinski definition) is 0. The molecular weight excluding hydrogens is 769 g/mol. The first-order valence-electron chi connectivity index (χ1n) is 26.3. The van der Waals surface area contributed by atoms with E-state index in [9.17, 15) is 14.4 Å². The van der Waals surface area contributed by atoms with E-state index in [1.807, 2.05) is 0 Å². The first-order valence-corrected chi connectivity index (χ1v) is 26.3. The van der Waals surface area contributed by atoms with Gasteiger partial charge in [0.25, 0.3) is 0 Å². The maximum absolute atomic E-state index is 12.8. The molecule has 0 radical (unpaired) electrons. The minimum Gasteiger partial charge on any atom is -0.462 e. The second kappa shape index (κ2) is 50.8. The summed E-state index contributed by atoms with van der Waals surface area (Å²) >= 11 is 0. The van der Waals surface area contributed by atoms with Gasteiger partial charge < -0.3 is 14.2 Å². The largest absolute Gasteiger partial charge is 0.462 e. The van der Waals surface area contributed by atoms with Crippen molar-refractivity contribution in [1.82, 2.24) is 0 Å². The molecule has 0 heterocycles. The third-order valence-electron chi connectivity index (χ3n) is 11.3. The highest BCUT2D eigenvalue weighted by Gasteiger charge is 2.19. The van der Waals surface area contributed by atoms with Gasteiger partial charge in [-0.15, -0.1) is 0 Å². The Morgan fingerprint density at radius 3 is 1.13 bits per heavy atom. The van der Waals surface area contributed by atoms with Gasteiger partial charge in [-0.1, -0.05) is 210 Å². The lowest BCUT2D eigenvalue weighted by molar-refractivity contribution is -0.167. The van der Waals surface area contributed by atoms with Gasteiger partial charge in [0.2, 0.25) is 0 Å². The molecule has 0 rings (SSSR count). The summed E-state index contributed by atoms with van der Waals surface area (Å²) in [5.74, 6) is -0.899. The fourth-order valence-electron chi connectivity index (χ4n) is 7.28. The summed E-state index contributed by atoms with van der Waals surface area (Å²) < 4.78 is 16.8. The number of carbonyl (C=O) groups excluding carboxylic acids is 3. The van der Waals surface area contributed by atoms with E-state index in [0.29, 0.717) is 19.3 Å². The quantitative estimate of drug-likeness (QED) is 0.0199. The van der Waals surface area contributed by atoms with Crippen molar-refractivity contribution in [1.29, 1.82) is 0 Å². The molecule has 0 N–H and O–H groups in total. The highest BCUT2D eigenvalue weighted by Crippen LogP contribution is 2.15. The maximum atomic E-state index is 12.8. The van der Waals surface area contributed by atoms with Crippen molar-refractivity contribution in [3.05, 3.63) is 60.8 Å². The highest BCUT2D eigenvalue weighted by molar-refractivity contribution is 5.71. The molecule has 0 spiro atoms. The van der Waals surface area contributed by atoms with Crippen molar-refractivity contribution in [3.8, 4) is 0 Å². The fraction of sp³-hybridized carbons (Fsp3) is 0.768. The minimum atomic E-state index is -0.781. The number of esters is 3. The van der Waals surface area contributed by atoms with Gasteiger partial charge in [0.15, 0.2) is 6.10 Å². The molecule has 0 aromatic rings. The van der Waals surface area contributed by atoms with Crippen LogP contribution in [-0.2, 0) is 28.6 Å². The molecule has 0 aromatic heterocycles. The molecule has 62 heavy (non-hydrogen) atoms. The Bertz CT molecular complexity index is 1130. The molecule has 6 heteroatoms. The first-order chi connectivity index (χ1) is 30.5. The van der Waals surface area contributed by atoms with Gasteiger partial charge in [-0.05, 0) is 89.9 Å². The smallest absolute Gasteiger partial charge is 0.306 e. The third-order valence-corrected chi connectivity index (χ3v) is 11.3. The van der Waals surface area contributed by atoms with Gasteiger partial charge >= 0.3 is 17.9 Å². The van der Waals surface area contributed by atoms with Crippen molar-refractivity contribution >= 4 is 17.9 Å². The molecule has 0 fully saturated rings. The Hall–Kier alpha value is -2.89. The van der Waals surface area contributed by atoms with Crippen molar-refractivity contribution in [2.75, 3.05) is 13.2 Å².